The van der Waals surface area contributed by atoms with Crippen molar-refractivity contribution >= 4 is 10.0 Å². The molecular weight excluding hydrogens is 338 g/mol. The maximum atomic E-state index is 13.2. The number of hydrogen-bond acceptors (Lipinski definition) is 4. The average Bonchev–Trinajstić information content (AvgIpc) is 2.82. The summed E-state index contributed by atoms with van der Waals surface area (Å²) in [6.07, 6.45) is 5.35. The van der Waals surface area contributed by atoms with Crippen LogP contribution in [-0.2, 0) is 17.1 Å². The summed E-state index contributed by atoms with van der Waals surface area (Å²) in [5.41, 5.74) is 0.999. The highest BCUT2D eigenvalue weighted by Gasteiger charge is 2.35. The molecule has 1 aromatic carbocycles. The molecule has 6 nitrogen and oxygen atoms in total. The maximum Gasteiger partial charge on any atom is 0.262 e. The van der Waals surface area contributed by atoms with E-state index in [0.717, 1.165) is 37.0 Å². The fraction of sp³-hybridized carbons (Fsp3) is 0.500. The molecule has 1 aromatic heterocycles. The summed E-state index contributed by atoms with van der Waals surface area (Å²) in [7, 11) is -0.194. The minimum absolute atomic E-state index is 0.132. The van der Waals surface area contributed by atoms with Crippen molar-refractivity contribution in [3.63, 3.8) is 0 Å². The van der Waals surface area contributed by atoms with Crippen molar-refractivity contribution in [2.24, 2.45) is 7.05 Å². The minimum Gasteiger partial charge on any atom is -0.497 e. The summed E-state index contributed by atoms with van der Waals surface area (Å²) in [6, 6.07) is 7.52. The van der Waals surface area contributed by atoms with E-state index in [1.807, 2.05) is 38.2 Å². The van der Waals surface area contributed by atoms with E-state index in [-0.39, 0.29) is 11.1 Å². The molecular formula is C18H25N3O3S. The lowest BCUT2D eigenvalue weighted by Gasteiger charge is -2.28. The summed E-state index contributed by atoms with van der Waals surface area (Å²) < 4.78 is 35.1. The molecule has 25 heavy (non-hydrogen) atoms. The van der Waals surface area contributed by atoms with E-state index in [0.29, 0.717) is 12.4 Å². The average molecular weight is 363 g/mol. The predicted octanol–water partition coefficient (Wildman–Crippen LogP) is 3.04. The van der Waals surface area contributed by atoms with Gasteiger partial charge in [-0.15, -0.1) is 0 Å². The standard InChI is InChI=1S/C18H25N3O3S/c1-14-19-18(13-20(14)2)25(22,23)21-12-6-4-5-7-17(21)15-8-10-16(24-3)11-9-15/h8-11,13,17H,4-7,12H2,1-3H3. The third kappa shape index (κ3) is 3.57. The van der Waals surface area contributed by atoms with Crippen LogP contribution in [-0.4, -0.2) is 35.9 Å². The molecule has 0 spiro atoms. The van der Waals surface area contributed by atoms with Crippen molar-refractivity contribution in [3.05, 3.63) is 41.9 Å². The molecule has 1 aliphatic heterocycles. The van der Waals surface area contributed by atoms with Crippen LogP contribution in [0.4, 0.5) is 0 Å². The van der Waals surface area contributed by atoms with Crippen molar-refractivity contribution in [2.75, 3.05) is 13.7 Å². The van der Waals surface area contributed by atoms with Crippen molar-refractivity contribution in [3.8, 4) is 5.75 Å². The van der Waals surface area contributed by atoms with E-state index in [9.17, 15) is 8.42 Å². The van der Waals surface area contributed by atoms with E-state index < -0.39 is 10.0 Å². The van der Waals surface area contributed by atoms with E-state index in [1.165, 1.54) is 0 Å². The first-order valence-corrected chi connectivity index (χ1v) is 10.0. The quantitative estimate of drug-likeness (QED) is 0.837. The Bertz CT molecular complexity index is 808. The van der Waals surface area contributed by atoms with Crippen LogP contribution < -0.4 is 4.74 Å². The number of methoxy groups -OCH3 is 1. The van der Waals surface area contributed by atoms with Crippen LogP contribution in [0.1, 0.15) is 43.1 Å². The first kappa shape index (κ1) is 17.9. The lowest BCUT2D eigenvalue weighted by Crippen LogP contribution is -2.35. The van der Waals surface area contributed by atoms with Crippen LogP contribution in [0, 0.1) is 6.92 Å². The fourth-order valence-corrected chi connectivity index (χ4v) is 5.01. The molecule has 2 heterocycles. The van der Waals surface area contributed by atoms with E-state index >= 15 is 0 Å². The Kier molecular flexibility index (Phi) is 5.15. The second-order valence-corrected chi connectivity index (χ2v) is 8.33. The lowest BCUT2D eigenvalue weighted by molar-refractivity contribution is 0.327. The molecule has 136 valence electrons. The van der Waals surface area contributed by atoms with Gasteiger partial charge in [0.05, 0.1) is 13.2 Å². The van der Waals surface area contributed by atoms with Gasteiger partial charge in [0.2, 0.25) is 0 Å². The summed E-state index contributed by atoms with van der Waals surface area (Å²) in [5.74, 6) is 1.46. The van der Waals surface area contributed by atoms with Gasteiger partial charge >= 0.3 is 0 Å². The molecule has 0 radical (unpaired) electrons. The molecule has 1 unspecified atom stereocenters. The largest absolute Gasteiger partial charge is 0.497 e. The van der Waals surface area contributed by atoms with E-state index in [1.54, 1.807) is 22.2 Å². The zero-order valence-corrected chi connectivity index (χ0v) is 15.8. The second kappa shape index (κ2) is 7.17. The first-order chi connectivity index (χ1) is 11.9. The predicted molar refractivity (Wildman–Crippen MR) is 96.0 cm³/mol. The van der Waals surface area contributed by atoms with Gasteiger partial charge in [0.25, 0.3) is 10.0 Å². The molecule has 0 aliphatic carbocycles. The first-order valence-electron chi connectivity index (χ1n) is 8.59. The van der Waals surface area contributed by atoms with Crippen molar-refractivity contribution in [1.82, 2.24) is 13.9 Å². The molecule has 2 aromatic rings. The van der Waals surface area contributed by atoms with Crippen LogP contribution in [0.25, 0.3) is 0 Å². The molecule has 0 saturated carbocycles. The Morgan fingerprint density at radius 1 is 1.16 bits per heavy atom. The SMILES string of the molecule is COc1ccc(C2CCCCCN2S(=O)(=O)c2cn(C)c(C)n2)cc1. The Balaban J connectivity index is 1.99. The van der Waals surface area contributed by atoms with Crippen LogP contribution in [0.3, 0.4) is 0 Å². The summed E-state index contributed by atoms with van der Waals surface area (Å²) >= 11 is 0. The number of aromatic nitrogens is 2. The Labute approximate surface area is 149 Å². The van der Waals surface area contributed by atoms with Gasteiger partial charge in [-0.3, -0.25) is 0 Å². The Morgan fingerprint density at radius 3 is 2.48 bits per heavy atom. The third-order valence-corrected chi connectivity index (χ3v) is 6.64. The molecule has 1 aliphatic rings. The molecule has 1 atom stereocenters. The van der Waals surface area contributed by atoms with Gasteiger partial charge < -0.3 is 9.30 Å². The highest BCUT2D eigenvalue weighted by atomic mass is 32.2. The van der Waals surface area contributed by atoms with Gasteiger partial charge in [-0.2, -0.15) is 4.31 Å². The van der Waals surface area contributed by atoms with Crippen LogP contribution in [0.2, 0.25) is 0 Å². The number of ether oxygens (including phenoxy) is 1. The smallest absolute Gasteiger partial charge is 0.262 e. The molecule has 7 heteroatoms. The van der Waals surface area contributed by atoms with Crippen molar-refractivity contribution < 1.29 is 13.2 Å². The minimum atomic E-state index is -3.63. The fourth-order valence-electron chi connectivity index (χ4n) is 3.30. The van der Waals surface area contributed by atoms with Gasteiger partial charge in [0.1, 0.15) is 11.6 Å². The zero-order chi connectivity index (χ0) is 18.0. The lowest BCUT2D eigenvalue weighted by atomic mass is 10.0. The normalized spacial score (nSPS) is 19.6. The third-order valence-electron chi connectivity index (χ3n) is 4.86. The zero-order valence-electron chi connectivity index (χ0n) is 15.0. The summed E-state index contributed by atoms with van der Waals surface area (Å²) in [6.45, 7) is 2.33. The molecule has 1 fully saturated rings. The number of sulfonamides is 1. The molecule has 3 rings (SSSR count). The highest BCUT2D eigenvalue weighted by molar-refractivity contribution is 7.89. The second-order valence-electron chi connectivity index (χ2n) is 6.49. The van der Waals surface area contributed by atoms with E-state index in [4.69, 9.17) is 4.74 Å². The molecule has 0 bridgehead atoms. The van der Waals surface area contributed by atoms with Crippen LogP contribution >= 0.6 is 0 Å². The van der Waals surface area contributed by atoms with Crippen LogP contribution in [0.15, 0.2) is 35.5 Å². The Hall–Kier alpha value is -1.86. The maximum absolute atomic E-state index is 13.2. The highest BCUT2D eigenvalue weighted by Crippen LogP contribution is 2.35. The van der Waals surface area contributed by atoms with Gasteiger partial charge in [0, 0.05) is 19.8 Å². The van der Waals surface area contributed by atoms with Gasteiger partial charge in [-0.1, -0.05) is 25.0 Å². The topological polar surface area (TPSA) is 64.4 Å². The molecule has 0 N–H and O–H groups in total. The van der Waals surface area contributed by atoms with Crippen molar-refractivity contribution in [2.45, 2.75) is 43.7 Å². The number of hydrogen-bond donors (Lipinski definition) is 0. The Morgan fingerprint density at radius 2 is 1.88 bits per heavy atom. The van der Waals surface area contributed by atoms with Crippen LogP contribution in [0.5, 0.6) is 5.75 Å². The molecule has 0 amide bonds. The van der Waals surface area contributed by atoms with Gasteiger partial charge in [0.15, 0.2) is 5.03 Å². The van der Waals surface area contributed by atoms with Crippen molar-refractivity contribution in [1.29, 1.82) is 0 Å². The summed E-state index contributed by atoms with van der Waals surface area (Å²) in [4.78, 5) is 4.26. The van der Waals surface area contributed by atoms with Gasteiger partial charge in [-0.25, -0.2) is 13.4 Å². The monoisotopic (exact) mass is 363 g/mol. The number of nitrogens with zero attached hydrogens (tertiary/aromatic N) is 3. The number of imidazole rings is 1. The number of aryl methyl sites for hydroxylation is 2. The molecule has 1 saturated heterocycles. The summed E-state index contributed by atoms with van der Waals surface area (Å²) in [5, 5.41) is 0.132. The van der Waals surface area contributed by atoms with Gasteiger partial charge in [-0.05, 0) is 37.5 Å². The number of rotatable bonds is 4. The van der Waals surface area contributed by atoms with E-state index in [2.05, 4.69) is 4.98 Å². The number of benzene rings is 1.